The number of ether oxygens (including phenoxy) is 2. The van der Waals surface area contributed by atoms with Gasteiger partial charge in [0.25, 0.3) is 0 Å². The molecule has 0 aliphatic rings. The van der Waals surface area contributed by atoms with Crippen molar-refractivity contribution in [2.75, 3.05) is 26.9 Å². The van der Waals surface area contributed by atoms with Gasteiger partial charge in [0.05, 0.1) is 20.1 Å². The highest BCUT2D eigenvalue weighted by Crippen LogP contribution is 2.02. The highest BCUT2D eigenvalue weighted by atomic mass is 16.5. The molecule has 0 aromatic heterocycles. The van der Waals surface area contributed by atoms with E-state index in [4.69, 9.17) is 4.74 Å². The Morgan fingerprint density at radius 2 is 2.07 bits per heavy atom. The van der Waals surface area contributed by atoms with Crippen molar-refractivity contribution in [1.82, 2.24) is 5.32 Å². The second-order valence-electron chi connectivity index (χ2n) is 3.79. The number of esters is 1. The molecule has 0 fully saturated rings. The molecule has 0 spiro atoms. The molecule has 0 aliphatic carbocycles. The lowest BCUT2D eigenvalue weighted by Gasteiger charge is -2.21. The molecule has 1 unspecified atom stereocenters. The Morgan fingerprint density at radius 1 is 1.40 bits per heavy atom. The number of rotatable bonds is 8. The average Bonchev–Trinajstić information content (AvgIpc) is 2.22. The Balaban J connectivity index is 3.70. The summed E-state index contributed by atoms with van der Waals surface area (Å²) < 4.78 is 9.93. The van der Waals surface area contributed by atoms with Crippen molar-refractivity contribution in [3.8, 4) is 0 Å². The van der Waals surface area contributed by atoms with E-state index in [9.17, 15) is 4.79 Å². The quantitative estimate of drug-likeness (QED) is 0.621. The average molecular weight is 217 g/mol. The molecule has 0 amide bonds. The summed E-state index contributed by atoms with van der Waals surface area (Å²) in [6.07, 6.45) is 0.409. The van der Waals surface area contributed by atoms with Crippen LogP contribution in [0.25, 0.3) is 0 Å². The van der Waals surface area contributed by atoms with E-state index < -0.39 is 0 Å². The van der Waals surface area contributed by atoms with Gasteiger partial charge in [-0.05, 0) is 12.8 Å². The minimum Gasteiger partial charge on any atom is -0.469 e. The van der Waals surface area contributed by atoms with Crippen LogP contribution in [0.4, 0.5) is 0 Å². The lowest BCUT2D eigenvalue weighted by molar-refractivity contribution is -0.140. The summed E-state index contributed by atoms with van der Waals surface area (Å²) in [4.78, 5) is 10.9. The van der Waals surface area contributed by atoms with E-state index in [1.165, 1.54) is 7.11 Å². The number of hydrogen-bond donors (Lipinski definition) is 1. The van der Waals surface area contributed by atoms with Crippen LogP contribution in [0.3, 0.4) is 0 Å². The monoisotopic (exact) mass is 217 g/mol. The lowest BCUT2D eigenvalue weighted by atomic mass is 10.1. The largest absolute Gasteiger partial charge is 0.469 e. The van der Waals surface area contributed by atoms with Gasteiger partial charge >= 0.3 is 5.97 Å². The lowest BCUT2D eigenvalue weighted by Crippen LogP contribution is -2.39. The van der Waals surface area contributed by atoms with Gasteiger partial charge < -0.3 is 14.8 Å². The predicted molar refractivity (Wildman–Crippen MR) is 59.8 cm³/mol. The molecule has 0 heterocycles. The van der Waals surface area contributed by atoms with E-state index in [1.54, 1.807) is 0 Å². The maximum Gasteiger partial charge on any atom is 0.306 e. The second kappa shape index (κ2) is 8.68. The normalized spacial score (nSPS) is 12.9. The molecule has 0 saturated carbocycles. The zero-order valence-electron chi connectivity index (χ0n) is 10.2. The van der Waals surface area contributed by atoms with Gasteiger partial charge in [0.15, 0.2) is 0 Å². The van der Waals surface area contributed by atoms with Gasteiger partial charge in [0.1, 0.15) is 0 Å². The van der Waals surface area contributed by atoms with Crippen LogP contribution in [0, 0.1) is 5.92 Å². The van der Waals surface area contributed by atoms with E-state index in [0.717, 1.165) is 6.61 Å². The second-order valence-corrected chi connectivity index (χ2v) is 3.79. The third kappa shape index (κ3) is 7.33. The van der Waals surface area contributed by atoms with Crippen LogP contribution in [0.2, 0.25) is 0 Å². The minimum absolute atomic E-state index is 0.179. The molecule has 0 rings (SSSR count). The summed E-state index contributed by atoms with van der Waals surface area (Å²) in [5.74, 6) is 0.315. The maximum atomic E-state index is 10.9. The van der Waals surface area contributed by atoms with Crippen LogP contribution in [-0.4, -0.2) is 38.9 Å². The van der Waals surface area contributed by atoms with Crippen molar-refractivity contribution < 1.29 is 14.3 Å². The molecule has 1 N–H and O–H groups in total. The molecule has 0 saturated heterocycles. The summed E-state index contributed by atoms with van der Waals surface area (Å²) in [5.41, 5.74) is 0. The van der Waals surface area contributed by atoms with Crippen molar-refractivity contribution in [2.24, 2.45) is 5.92 Å². The van der Waals surface area contributed by atoms with Gasteiger partial charge in [-0.2, -0.15) is 0 Å². The molecular weight excluding hydrogens is 194 g/mol. The van der Waals surface area contributed by atoms with Crippen molar-refractivity contribution >= 4 is 5.97 Å². The van der Waals surface area contributed by atoms with E-state index in [2.05, 4.69) is 23.9 Å². The Bertz CT molecular complexity index is 171. The molecule has 0 bridgehead atoms. The van der Waals surface area contributed by atoms with Crippen molar-refractivity contribution in [1.29, 1.82) is 0 Å². The fourth-order valence-electron chi connectivity index (χ4n) is 1.19. The molecule has 0 aromatic carbocycles. The highest BCUT2D eigenvalue weighted by Gasteiger charge is 2.12. The first-order chi connectivity index (χ1) is 7.11. The third-order valence-electron chi connectivity index (χ3n) is 2.27. The number of carbonyl (C=O) groups excluding carboxylic acids is 1. The van der Waals surface area contributed by atoms with E-state index in [1.807, 2.05) is 6.92 Å². The van der Waals surface area contributed by atoms with Crippen LogP contribution >= 0.6 is 0 Å². The number of nitrogens with one attached hydrogen (secondary N) is 1. The molecule has 1 atom stereocenters. The van der Waals surface area contributed by atoms with Crippen molar-refractivity contribution in [3.63, 3.8) is 0 Å². The maximum absolute atomic E-state index is 10.9. The van der Waals surface area contributed by atoms with Crippen molar-refractivity contribution in [3.05, 3.63) is 0 Å². The first-order valence-corrected chi connectivity index (χ1v) is 5.49. The molecule has 90 valence electrons. The van der Waals surface area contributed by atoms with Gasteiger partial charge in [0.2, 0.25) is 0 Å². The Hall–Kier alpha value is -0.610. The molecular formula is C11H23NO3. The van der Waals surface area contributed by atoms with Crippen LogP contribution in [-0.2, 0) is 14.3 Å². The minimum atomic E-state index is -0.179. The van der Waals surface area contributed by atoms with Gasteiger partial charge in [-0.15, -0.1) is 0 Å². The first kappa shape index (κ1) is 14.4. The van der Waals surface area contributed by atoms with Gasteiger partial charge in [-0.3, -0.25) is 4.79 Å². The van der Waals surface area contributed by atoms with Crippen LogP contribution in [0.1, 0.15) is 27.2 Å². The fraction of sp³-hybridized carbons (Fsp3) is 0.909. The molecule has 0 aromatic rings. The number of carbonyl (C=O) groups is 1. The molecule has 4 heteroatoms. The van der Waals surface area contributed by atoms with E-state index in [0.29, 0.717) is 31.5 Å². The number of methoxy groups -OCH3 is 1. The van der Waals surface area contributed by atoms with Crippen molar-refractivity contribution in [2.45, 2.75) is 33.2 Å². The summed E-state index contributed by atoms with van der Waals surface area (Å²) >= 11 is 0. The summed E-state index contributed by atoms with van der Waals surface area (Å²) in [6.45, 7) is 8.30. The van der Waals surface area contributed by atoms with E-state index >= 15 is 0 Å². The summed E-state index contributed by atoms with van der Waals surface area (Å²) in [5, 5.41) is 3.29. The third-order valence-corrected chi connectivity index (χ3v) is 2.27. The Kier molecular flexibility index (Phi) is 8.33. The van der Waals surface area contributed by atoms with Crippen LogP contribution in [0.15, 0.2) is 0 Å². The van der Waals surface area contributed by atoms with Gasteiger partial charge in [-0.25, -0.2) is 0 Å². The smallest absolute Gasteiger partial charge is 0.306 e. The zero-order valence-corrected chi connectivity index (χ0v) is 10.2. The molecule has 15 heavy (non-hydrogen) atoms. The van der Waals surface area contributed by atoms with E-state index in [-0.39, 0.29) is 5.97 Å². The summed E-state index contributed by atoms with van der Waals surface area (Å²) in [7, 11) is 1.41. The molecule has 0 radical (unpaired) electrons. The topological polar surface area (TPSA) is 47.6 Å². The standard InChI is InChI=1S/C11H23NO3/c1-5-15-8-10(9(2)3)12-7-6-11(13)14-4/h9-10,12H,5-8H2,1-4H3. The van der Waals surface area contributed by atoms with Gasteiger partial charge in [0, 0.05) is 19.2 Å². The van der Waals surface area contributed by atoms with Crippen LogP contribution in [0.5, 0.6) is 0 Å². The fourth-order valence-corrected chi connectivity index (χ4v) is 1.19. The predicted octanol–water partition coefficient (Wildman–Crippen LogP) is 1.20. The Labute approximate surface area is 92.3 Å². The molecule has 4 nitrogen and oxygen atoms in total. The molecule has 0 aliphatic heterocycles. The number of hydrogen-bond acceptors (Lipinski definition) is 4. The highest BCUT2D eigenvalue weighted by molar-refractivity contribution is 5.69. The first-order valence-electron chi connectivity index (χ1n) is 5.49. The summed E-state index contributed by atoms with van der Waals surface area (Å²) in [6, 6.07) is 0.301. The zero-order chi connectivity index (χ0) is 11.7. The SMILES string of the molecule is CCOCC(NCCC(=O)OC)C(C)C. The van der Waals surface area contributed by atoms with Gasteiger partial charge in [-0.1, -0.05) is 13.8 Å². The Morgan fingerprint density at radius 3 is 2.53 bits per heavy atom. The van der Waals surface area contributed by atoms with Crippen LogP contribution < -0.4 is 5.32 Å².